The van der Waals surface area contributed by atoms with E-state index in [1.807, 2.05) is 42.5 Å². The topological polar surface area (TPSA) is 74.8 Å². The third-order valence-electron chi connectivity index (χ3n) is 8.20. The van der Waals surface area contributed by atoms with Crippen molar-refractivity contribution in [3.63, 3.8) is 0 Å². The summed E-state index contributed by atoms with van der Waals surface area (Å²) in [5.74, 6) is -1.21. The smallest absolute Gasteiger partial charge is 0.261 e. The van der Waals surface area contributed by atoms with Gasteiger partial charge in [-0.05, 0) is 60.4 Å². The lowest BCUT2D eigenvalue weighted by atomic mass is 9.74. The van der Waals surface area contributed by atoms with Crippen LogP contribution in [-0.2, 0) is 30.0 Å². The molecule has 4 amide bonds. The molecule has 2 aliphatic heterocycles. The third kappa shape index (κ3) is 4.39. The van der Waals surface area contributed by atoms with Gasteiger partial charge in [-0.2, -0.15) is 0 Å². The Morgan fingerprint density at radius 3 is 1.32 bits per heavy atom. The van der Waals surface area contributed by atoms with Crippen LogP contribution >= 0.6 is 0 Å². The fourth-order valence-corrected chi connectivity index (χ4v) is 5.36. The highest BCUT2D eigenvalue weighted by Crippen LogP contribution is 2.38. The SMILES string of the molecule is CC1=CC(=O)N(c2ccc(C(C)(C)c3ccc(C(C)(C)c4cccc(N5C(=O)C=C(C)C5=O)c4)cc3)cc2)C1=O. The Balaban J connectivity index is 1.38. The summed E-state index contributed by atoms with van der Waals surface area (Å²) in [6.07, 6.45) is 2.74. The molecule has 6 nitrogen and oxygen atoms in total. The first-order valence-electron chi connectivity index (χ1n) is 13.3. The van der Waals surface area contributed by atoms with Crippen molar-refractivity contribution in [3.05, 3.63) is 118 Å². The van der Waals surface area contributed by atoms with Crippen LogP contribution in [0.4, 0.5) is 11.4 Å². The number of imide groups is 2. The molecule has 2 aliphatic rings. The number of anilines is 2. The normalized spacial score (nSPS) is 16.1. The second-order valence-corrected chi connectivity index (χ2v) is 11.5. The predicted octanol–water partition coefficient (Wildman–Crippen LogP) is 5.98. The van der Waals surface area contributed by atoms with Crippen LogP contribution in [-0.4, -0.2) is 23.6 Å². The zero-order chi connectivity index (χ0) is 29.0. The number of rotatable bonds is 6. The van der Waals surface area contributed by atoms with Crippen LogP contribution in [0.5, 0.6) is 0 Å². The van der Waals surface area contributed by atoms with Crippen molar-refractivity contribution in [1.29, 1.82) is 0 Å². The second kappa shape index (κ2) is 9.56. The Kier molecular flexibility index (Phi) is 6.45. The lowest BCUT2D eigenvalue weighted by molar-refractivity contribution is -0.121. The van der Waals surface area contributed by atoms with Gasteiger partial charge in [0, 0.05) is 34.1 Å². The van der Waals surface area contributed by atoms with Crippen molar-refractivity contribution >= 4 is 35.0 Å². The number of nitrogens with zero attached hydrogens (tertiary/aromatic N) is 2. The summed E-state index contributed by atoms with van der Waals surface area (Å²) in [5.41, 5.74) is 5.57. The lowest BCUT2D eigenvalue weighted by Gasteiger charge is -2.30. The number of hydrogen-bond acceptors (Lipinski definition) is 4. The average molecular weight is 533 g/mol. The summed E-state index contributed by atoms with van der Waals surface area (Å²) in [6, 6.07) is 23.6. The molecule has 0 fully saturated rings. The van der Waals surface area contributed by atoms with Gasteiger partial charge < -0.3 is 0 Å². The minimum atomic E-state index is -0.379. The van der Waals surface area contributed by atoms with E-state index in [9.17, 15) is 19.2 Å². The molecule has 202 valence electrons. The molecule has 0 saturated carbocycles. The van der Waals surface area contributed by atoms with Crippen molar-refractivity contribution < 1.29 is 19.2 Å². The molecule has 0 spiro atoms. The number of amides is 4. The van der Waals surface area contributed by atoms with E-state index in [2.05, 4.69) is 52.0 Å². The average Bonchev–Trinajstić information content (AvgIpc) is 3.34. The Hall–Kier alpha value is -4.58. The van der Waals surface area contributed by atoms with Crippen LogP contribution in [0.1, 0.15) is 63.8 Å². The molecular formula is C34H32N2O4. The highest BCUT2D eigenvalue weighted by Gasteiger charge is 2.33. The van der Waals surface area contributed by atoms with E-state index in [1.165, 1.54) is 22.0 Å². The monoisotopic (exact) mass is 532 g/mol. The van der Waals surface area contributed by atoms with Gasteiger partial charge in [0.1, 0.15) is 0 Å². The molecule has 0 saturated heterocycles. The van der Waals surface area contributed by atoms with Crippen LogP contribution in [0.3, 0.4) is 0 Å². The molecule has 6 heteroatoms. The summed E-state index contributed by atoms with van der Waals surface area (Å²) < 4.78 is 0. The molecule has 0 N–H and O–H groups in total. The number of hydrogen-bond donors (Lipinski definition) is 0. The Labute approximate surface area is 234 Å². The third-order valence-corrected chi connectivity index (χ3v) is 8.20. The molecular weight excluding hydrogens is 500 g/mol. The van der Waals surface area contributed by atoms with Crippen LogP contribution in [0, 0.1) is 0 Å². The molecule has 2 heterocycles. The summed E-state index contributed by atoms with van der Waals surface area (Å²) in [5, 5.41) is 0. The van der Waals surface area contributed by atoms with Crippen LogP contribution in [0.15, 0.2) is 96.1 Å². The molecule has 0 radical (unpaired) electrons. The molecule has 3 aromatic carbocycles. The van der Waals surface area contributed by atoms with Crippen molar-refractivity contribution in [2.24, 2.45) is 0 Å². The van der Waals surface area contributed by atoms with Crippen molar-refractivity contribution in [1.82, 2.24) is 0 Å². The highest BCUT2D eigenvalue weighted by atomic mass is 16.2. The molecule has 5 rings (SSSR count). The van der Waals surface area contributed by atoms with Gasteiger partial charge in [0.15, 0.2) is 0 Å². The number of benzene rings is 3. The van der Waals surface area contributed by atoms with Crippen molar-refractivity contribution in [2.75, 3.05) is 9.80 Å². The molecule has 0 bridgehead atoms. The van der Waals surface area contributed by atoms with Crippen LogP contribution < -0.4 is 9.80 Å². The van der Waals surface area contributed by atoms with E-state index < -0.39 is 0 Å². The minimum Gasteiger partial charge on any atom is -0.269 e. The van der Waals surface area contributed by atoms with Gasteiger partial charge in [0.05, 0.1) is 11.4 Å². The van der Waals surface area contributed by atoms with Gasteiger partial charge in [-0.1, -0.05) is 76.2 Å². The van der Waals surface area contributed by atoms with Gasteiger partial charge in [-0.25, -0.2) is 9.80 Å². The maximum absolute atomic E-state index is 12.5. The Morgan fingerprint density at radius 2 is 0.900 bits per heavy atom. The van der Waals surface area contributed by atoms with E-state index in [0.29, 0.717) is 22.5 Å². The standard InChI is InChI=1S/C34H32N2O4/c1-21-18-29(37)35(31(21)39)27-16-14-25(15-17-27)33(3,4)23-10-12-24(13-11-23)34(5,6)26-8-7-9-28(20-26)36-30(38)19-22(2)32(36)40/h7-20H,1-6H3. The quantitative estimate of drug-likeness (QED) is 0.366. The van der Waals surface area contributed by atoms with Crippen molar-refractivity contribution in [3.8, 4) is 0 Å². The molecule has 3 aromatic rings. The number of carbonyl (C=O) groups excluding carboxylic acids is 4. The summed E-state index contributed by atoms with van der Waals surface area (Å²) in [7, 11) is 0. The molecule has 0 unspecified atom stereocenters. The minimum absolute atomic E-state index is 0.286. The van der Waals surface area contributed by atoms with Gasteiger partial charge >= 0.3 is 0 Å². The van der Waals surface area contributed by atoms with E-state index >= 15 is 0 Å². The molecule has 0 atom stereocenters. The van der Waals surface area contributed by atoms with Gasteiger partial charge in [0.2, 0.25) is 0 Å². The highest BCUT2D eigenvalue weighted by molar-refractivity contribution is 6.31. The number of carbonyl (C=O) groups is 4. The van der Waals surface area contributed by atoms with E-state index in [0.717, 1.165) is 22.3 Å². The maximum atomic E-state index is 12.5. The van der Waals surface area contributed by atoms with Gasteiger partial charge in [-0.3, -0.25) is 19.2 Å². The fourth-order valence-electron chi connectivity index (χ4n) is 5.36. The summed E-state index contributed by atoms with van der Waals surface area (Å²) in [4.78, 5) is 51.9. The van der Waals surface area contributed by atoms with Crippen molar-refractivity contribution in [2.45, 2.75) is 52.4 Å². The second-order valence-electron chi connectivity index (χ2n) is 11.5. The maximum Gasteiger partial charge on any atom is 0.261 e. The van der Waals surface area contributed by atoms with E-state index in [1.54, 1.807) is 19.9 Å². The van der Waals surface area contributed by atoms with Crippen LogP contribution in [0.25, 0.3) is 0 Å². The first kappa shape index (κ1) is 27.0. The Morgan fingerprint density at radius 1 is 0.500 bits per heavy atom. The molecule has 40 heavy (non-hydrogen) atoms. The van der Waals surface area contributed by atoms with E-state index in [-0.39, 0.29) is 34.5 Å². The zero-order valence-electron chi connectivity index (χ0n) is 23.6. The first-order valence-corrected chi connectivity index (χ1v) is 13.3. The van der Waals surface area contributed by atoms with Gasteiger partial charge in [0.25, 0.3) is 23.6 Å². The summed E-state index contributed by atoms with van der Waals surface area (Å²) >= 11 is 0. The van der Waals surface area contributed by atoms with Crippen LogP contribution in [0.2, 0.25) is 0 Å². The molecule has 0 aromatic heterocycles. The largest absolute Gasteiger partial charge is 0.269 e. The van der Waals surface area contributed by atoms with E-state index in [4.69, 9.17) is 0 Å². The predicted molar refractivity (Wildman–Crippen MR) is 156 cm³/mol. The molecule has 0 aliphatic carbocycles. The lowest BCUT2D eigenvalue weighted by Crippen LogP contribution is -2.31. The van der Waals surface area contributed by atoms with Gasteiger partial charge in [-0.15, -0.1) is 0 Å². The first-order chi connectivity index (χ1) is 18.8. The zero-order valence-corrected chi connectivity index (χ0v) is 23.6. The summed E-state index contributed by atoms with van der Waals surface area (Å²) in [6.45, 7) is 11.8. The fraction of sp³-hybridized carbons (Fsp3) is 0.235. The Bertz CT molecular complexity index is 1620.